The predicted molar refractivity (Wildman–Crippen MR) is 66.0 cm³/mol. The second kappa shape index (κ2) is 6.52. The van der Waals surface area contributed by atoms with Crippen molar-refractivity contribution in [3.8, 4) is 0 Å². The van der Waals surface area contributed by atoms with Gasteiger partial charge in [0.05, 0.1) is 6.10 Å². The summed E-state index contributed by atoms with van der Waals surface area (Å²) in [5.74, 6) is 2.70. The molecule has 1 fully saturated rings. The van der Waals surface area contributed by atoms with Crippen LogP contribution in [-0.4, -0.2) is 12.7 Å². The maximum absolute atomic E-state index is 5.61. The third kappa shape index (κ3) is 4.55. The Kier molecular flexibility index (Phi) is 5.66. The maximum Gasteiger partial charge on any atom is 0.0549 e. The first kappa shape index (κ1) is 13.0. The Bertz CT molecular complexity index is 167. The fourth-order valence-corrected chi connectivity index (χ4v) is 2.99. The standard InChI is InChI=1S/C14H28O/c1-5-6-11(2)9-12(3)14-7-8-15-13(4)10-14/h11-14H,5-10H2,1-4H3. The van der Waals surface area contributed by atoms with E-state index < -0.39 is 0 Å². The SMILES string of the molecule is CCCC(C)CC(C)C1CCOC(C)C1. The molecule has 15 heavy (non-hydrogen) atoms. The Labute approximate surface area is 95.6 Å². The fourth-order valence-electron chi connectivity index (χ4n) is 2.99. The molecule has 0 radical (unpaired) electrons. The summed E-state index contributed by atoms with van der Waals surface area (Å²) < 4.78 is 5.61. The Hall–Kier alpha value is -0.0400. The monoisotopic (exact) mass is 212 g/mol. The minimum atomic E-state index is 0.493. The number of hydrogen-bond acceptors (Lipinski definition) is 1. The van der Waals surface area contributed by atoms with Crippen LogP contribution in [0.5, 0.6) is 0 Å². The summed E-state index contributed by atoms with van der Waals surface area (Å²) in [5, 5.41) is 0. The van der Waals surface area contributed by atoms with Crippen molar-refractivity contribution in [3.63, 3.8) is 0 Å². The molecule has 0 aliphatic carbocycles. The summed E-state index contributed by atoms with van der Waals surface area (Å²) >= 11 is 0. The van der Waals surface area contributed by atoms with Gasteiger partial charge in [0, 0.05) is 6.61 Å². The van der Waals surface area contributed by atoms with E-state index in [0.717, 1.165) is 24.4 Å². The van der Waals surface area contributed by atoms with Crippen LogP contribution in [-0.2, 0) is 4.74 Å². The molecule has 1 rings (SSSR count). The van der Waals surface area contributed by atoms with Crippen molar-refractivity contribution in [2.45, 2.75) is 65.9 Å². The average molecular weight is 212 g/mol. The van der Waals surface area contributed by atoms with Crippen LogP contribution in [0.15, 0.2) is 0 Å². The average Bonchev–Trinajstić information content (AvgIpc) is 2.18. The van der Waals surface area contributed by atoms with Crippen molar-refractivity contribution in [1.29, 1.82) is 0 Å². The fraction of sp³-hybridized carbons (Fsp3) is 1.00. The summed E-state index contributed by atoms with van der Waals surface area (Å²) in [6.07, 6.45) is 7.18. The van der Waals surface area contributed by atoms with Crippen molar-refractivity contribution in [3.05, 3.63) is 0 Å². The lowest BCUT2D eigenvalue weighted by molar-refractivity contribution is -0.0124. The largest absolute Gasteiger partial charge is 0.378 e. The molecule has 1 nitrogen and oxygen atoms in total. The molecular weight excluding hydrogens is 184 g/mol. The minimum Gasteiger partial charge on any atom is -0.378 e. The molecule has 0 spiro atoms. The molecule has 0 N–H and O–H groups in total. The first-order chi connectivity index (χ1) is 7.13. The highest BCUT2D eigenvalue weighted by Gasteiger charge is 2.25. The molecule has 0 amide bonds. The van der Waals surface area contributed by atoms with Gasteiger partial charge in [-0.15, -0.1) is 0 Å². The second-order valence-corrected chi connectivity index (χ2v) is 5.57. The predicted octanol–water partition coefficient (Wildman–Crippen LogP) is 4.26. The summed E-state index contributed by atoms with van der Waals surface area (Å²) in [5.41, 5.74) is 0. The van der Waals surface area contributed by atoms with Crippen molar-refractivity contribution in [2.24, 2.45) is 17.8 Å². The van der Waals surface area contributed by atoms with E-state index in [1.165, 1.54) is 32.1 Å². The molecule has 4 atom stereocenters. The third-order valence-corrected chi connectivity index (χ3v) is 3.89. The Morgan fingerprint density at radius 1 is 1.33 bits per heavy atom. The van der Waals surface area contributed by atoms with Crippen LogP contribution in [0.3, 0.4) is 0 Å². The number of rotatable bonds is 5. The van der Waals surface area contributed by atoms with E-state index in [1.54, 1.807) is 0 Å². The summed E-state index contributed by atoms with van der Waals surface area (Å²) in [4.78, 5) is 0. The van der Waals surface area contributed by atoms with E-state index in [9.17, 15) is 0 Å². The molecule has 4 unspecified atom stereocenters. The van der Waals surface area contributed by atoms with Gasteiger partial charge < -0.3 is 4.74 Å². The van der Waals surface area contributed by atoms with E-state index in [-0.39, 0.29) is 0 Å². The van der Waals surface area contributed by atoms with Crippen LogP contribution in [0.1, 0.15) is 59.8 Å². The van der Waals surface area contributed by atoms with Crippen molar-refractivity contribution in [2.75, 3.05) is 6.61 Å². The van der Waals surface area contributed by atoms with Crippen molar-refractivity contribution in [1.82, 2.24) is 0 Å². The van der Waals surface area contributed by atoms with Gasteiger partial charge in [-0.3, -0.25) is 0 Å². The Morgan fingerprint density at radius 3 is 2.67 bits per heavy atom. The normalized spacial score (nSPS) is 31.2. The Balaban J connectivity index is 2.28. The molecule has 1 aliphatic heterocycles. The number of hydrogen-bond donors (Lipinski definition) is 0. The summed E-state index contributed by atoms with van der Waals surface area (Å²) in [7, 11) is 0. The molecule has 0 saturated carbocycles. The molecule has 90 valence electrons. The zero-order chi connectivity index (χ0) is 11.3. The summed E-state index contributed by atoms with van der Waals surface area (Å²) in [6, 6.07) is 0. The molecule has 1 heterocycles. The second-order valence-electron chi connectivity index (χ2n) is 5.57. The molecule has 0 aromatic carbocycles. The third-order valence-electron chi connectivity index (χ3n) is 3.89. The maximum atomic E-state index is 5.61. The minimum absolute atomic E-state index is 0.493. The molecule has 1 saturated heterocycles. The van der Waals surface area contributed by atoms with Gasteiger partial charge in [-0.1, -0.05) is 33.6 Å². The quantitative estimate of drug-likeness (QED) is 0.661. The molecule has 1 aliphatic rings. The summed E-state index contributed by atoms with van der Waals surface area (Å²) in [6.45, 7) is 10.3. The van der Waals surface area contributed by atoms with E-state index in [4.69, 9.17) is 4.74 Å². The first-order valence-electron chi connectivity index (χ1n) is 6.75. The highest BCUT2D eigenvalue weighted by molar-refractivity contribution is 4.74. The zero-order valence-corrected chi connectivity index (χ0v) is 11.0. The van der Waals surface area contributed by atoms with Crippen LogP contribution < -0.4 is 0 Å². The van der Waals surface area contributed by atoms with Crippen LogP contribution in [0.25, 0.3) is 0 Å². The van der Waals surface area contributed by atoms with Crippen molar-refractivity contribution < 1.29 is 4.74 Å². The molecule has 0 aromatic rings. The zero-order valence-electron chi connectivity index (χ0n) is 11.0. The van der Waals surface area contributed by atoms with E-state index in [2.05, 4.69) is 27.7 Å². The van der Waals surface area contributed by atoms with Crippen LogP contribution in [0, 0.1) is 17.8 Å². The van der Waals surface area contributed by atoms with E-state index in [1.807, 2.05) is 0 Å². The lowest BCUT2D eigenvalue weighted by Crippen LogP contribution is -2.28. The van der Waals surface area contributed by atoms with Crippen LogP contribution >= 0.6 is 0 Å². The van der Waals surface area contributed by atoms with Crippen LogP contribution in [0.2, 0.25) is 0 Å². The molecule has 1 heteroatoms. The Morgan fingerprint density at radius 2 is 2.07 bits per heavy atom. The first-order valence-corrected chi connectivity index (χ1v) is 6.75. The number of ether oxygens (including phenoxy) is 1. The molecule has 0 aromatic heterocycles. The van der Waals surface area contributed by atoms with Crippen LogP contribution in [0.4, 0.5) is 0 Å². The van der Waals surface area contributed by atoms with Crippen molar-refractivity contribution >= 4 is 0 Å². The van der Waals surface area contributed by atoms with Gasteiger partial charge in [0.2, 0.25) is 0 Å². The highest BCUT2D eigenvalue weighted by Crippen LogP contribution is 2.31. The van der Waals surface area contributed by atoms with E-state index in [0.29, 0.717) is 6.10 Å². The lowest BCUT2D eigenvalue weighted by Gasteiger charge is -2.32. The van der Waals surface area contributed by atoms with Gasteiger partial charge in [0.1, 0.15) is 0 Å². The lowest BCUT2D eigenvalue weighted by atomic mass is 9.79. The van der Waals surface area contributed by atoms with Gasteiger partial charge >= 0.3 is 0 Å². The van der Waals surface area contributed by atoms with Gasteiger partial charge in [0.25, 0.3) is 0 Å². The molecular formula is C14H28O. The molecule has 0 bridgehead atoms. The van der Waals surface area contributed by atoms with Gasteiger partial charge in [-0.05, 0) is 43.9 Å². The van der Waals surface area contributed by atoms with Gasteiger partial charge in [-0.25, -0.2) is 0 Å². The van der Waals surface area contributed by atoms with Gasteiger partial charge in [-0.2, -0.15) is 0 Å². The highest BCUT2D eigenvalue weighted by atomic mass is 16.5. The van der Waals surface area contributed by atoms with E-state index >= 15 is 0 Å². The smallest absolute Gasteiger partial charge is 0.0549 e. The topological polar surface area (TPSA) is 9.23 Å². The van der Waals surface area contributed by atoms with Gasteiger partial charge in [0.15, 0.2) is 0 Å².